The summed E-state index contributed by atoms with van der Waals surface area (Å²) >= 11 is 0. The molecule has 3 aromatic heterocycles. The standard InChI is InChI=1S/C19H25N7O/c1-27-8-7-26-13-15(12-24-26)16-9-17-18(22-6-5-21-17)19(25-16)23-11-14-3-2-4-20-10-14/h5-6,9,12-14,20H,2-4,7-8,10-11H2,1H3,(H,23,25). The molecule has 4 heterocycles. The van der Waals surface area contributed by atoms with Gasteiger partial charge in [0.05, 0.1) is 30.6 Å². The van der Waals surface area contributed by atoms with Gasteiger partial charge in [0.15, 0.2) is 5.82 Å². The van der Waals surface area contributed by atoms with Crippen LogP contribution in [-0.2, 0) is 11.3 Å². The molecule has 142 valence electrons. The highest BCUT2D eigenvalue weighted by molar-refractivity contribution is 5.88. The van der Waals surface area contributed by atoms with Crippen molar-refractivity contribution in [1.29, 1.82) is 0 Å². The number of pyridine rings is 1. The molecule has 0 radical (unpaired) electrons. The Balaban J connectivity index is 1.60. The lowest BCUT2D eigenvalue weighted by molar-refractivity contribution is 0.183. The van der Waals surface area contributed by atoms with Gasteiger partial charge in [0, 0.05) is 37.8 Å². The smallest absolute Gasteiger partial charge is 0.154 e. The van der Waals surface area contributed by atoms with Gasteiger partial charge in [0.1, 0.15) is 5.52 Å². The molecule has 8 heteroatoms. The average Bonchev–Trinajstić information content (AvgIpc) is 3.20. The summed E-state index contributed by atoms with van der Waals surface area (Å²) in [5, 5.41) is 11.4. The lowest BCUT2D eigenvalue weighted by Crippen LogP contribution is -2.33. The summed E-state index contributed by atoms with van der Waals surface area (Å²) in [5.41, 5.74) is 3.44. The first-order chi connectivity index (χ1) is 13.3. The lowest BCUT2D eigenvalue weighted by atomic mass is 10.00. The zero-order chi connectivity index (χ0) is 18.5. The molecule has 1 atom stereocenters. The third-order valence-electron chi connectivity index (χ3n) is 4.87. The fraction of sp³-hybridized carbons (Fsp3) is 0.474. The minimum absolute atomic E-state index is 0.604. The quantitative estimate of drug-likeness (QED) is 0.660. The molecule has 0 spiro atoms. The summed E-state index contributed by atoms with van der Waals surface area (Å²) in [7, 11) is 1.69. The molecule has 1 saturated heterocycles. The van der Waals surface area contributed by atoms with Gasteiger partial charge < -0.3 is 15.4 Å². The third-order valence-corrected chi connectivity index (χ3v) is 4.87. The number of hydrogen-bond acceptors (Lipinski definition) is 7. The Hall–Kier alpha value is -2.58. The van der Waals surface area contributed by atoms with Crippen molar-refractivity contribution in [3.8, 4) is 11.3 Å². The van der Waals surface area contributed by atoms with E-state index >= 15 is 0 Å². The number of nitrogens with one attached hydrogen (secondary N) is 2. The van der Waals surface area contributed by atoms with E-state index < -0.39 is 0 Å². The number of methoxy groups -OCH3 is 1. The van der Waals surface area contributed by atoms with Gasteiger partial charge in [-0.3, -0.25) is 9.67 Å². The van der Waals surface area contributed by atoms with E-state index in [9.17, 15) is 0 Å². The first kappa shape index (κ1) is 17.8. The first-order valence-corrected chi connectivity index (χ1v) is 9.41. The van der Waals surface area contributed by atoms with Crippen molar-refractivity contribution in [3.05, 3.63) is 30.9 Å². The molecule has 0 amide bonds. The fourth-order valence-electron chi connectivity index (χ4n) is 3.39. The highest BCUT2D eigenvalue weighted by Crippen LogP contribution is 2.25. The van der Waals surface area contributed by atoms with E-state index in [1.54, 1.807) is 19.5 Å². The van der Waals surface area contributed by atoms with Crippen LogP contribution in [0.5, 0.6) is 0 Å². The second kappa shape index (κ2) is 8.41. The van der Waals surface area contributed by atoms with Gasteiger partial charge in [-0.25, -0.2) is 9.97 Å². The Bertz CT molecular complexity index is 889. The molecular weight excluding hydrogens is 342 g/mol. The maximum Gasteiger partial charge on any atom is 0.154 e. The number of anilines is 1. The van der Waals surface area contributed by atoms with Gasteiger partial charge in [-0.15, -0.1) is 0 Å². The van der Waals surface area contributed by atoms with Crippen molar-refractivity contribution in [2.24, 2.45) is 5.92 Å². The van der Waals surface area contributed by atoms with Gasteiger partial charge in [-0.05, 0) is 37.9 Å². The van der Waals surface area contributed by atoms with E-state index in [0.29, 0.717) is 19.1 Å². The summed E-state index contributed by atoms with van der Waals surface area (Å²) in [4.78, 5) is 13.8. The molecule has 0 aliphatic carbocycles. The van der Waals surface area contributed by atoms with Crippen LogP contribution in [0.1, 0.15) is 12.8 Å². The largest absolute Gasteiger partial charge is 0.383 e. The van der Waals surface area contributed by atoms with Crippen LogP contribution in [0.3, 0.4) is 0 Å². The predicted octanol–water partition coefficient (Wildman–Crippen LogP) is 1.95. The third kappa shape index (κ3) is 4.23. The number of rotatable bonds is 7. The van der Waals surface area contributed by atoms with E-state index in [1.807, 2.05) is 23.1 Å². The molecule has 1 aliphatic rings. The normalized spacial score (nSPS) is 17.3. The molecule has 4 rings (SSSR count). The zero-order valence-corrected chi connectivity index (χ0v) is 15.6. The Labute approximate surface area is 158 Å². The first-order valence-electron chi connectivity index (χ1n) is 9.41. The highest BCUT2D eigenvalue weighted by Gasteiger charge is 2.15. The van der Waals surface area contributed by atoms with Crippen LogP contribution < -0.4 is 10.6 Å². The summed E-state index contributed by atoms with van der Waals surface area (Å²) in [6.07, 6.45) is 9.69. The van der Waals surface area contributed by atoms with Crippen molar-refractivity contribution in [1.82, 2.24) is 30.0 Å². The second-order valence-electron chi connectivity index (χ2n) is 6.86. The molecule has 2 N–H and O–H groups in total. The van der Waals surface area contributed by atoms with Gasteiger partial charge in [0.25, 0.3) is 0 Å². The average molecular weight is 367 g/mol. The molecule has 0 bridgehead atoms. The summed E-state index contributed by atoms with van der Waals surface area (Å²) in [6.45, 7) is 4.38. The Morgan fingerprint density at radius 3 is 3.11 bits per heavy atom. The SMILES string of the molecule is COCCn1cc(-c2cc3nccnc3c(NCC3CCCNC3)n2)cn1. The van der Waals surface area contributed by atoms with Crippen molar-refractivity contribution < 1.29 is 4.74 Å². The number of ether oxygens (including phenoxy) is 1. The Morgan fingerprint density at radius 2 is 2.26 bits per heavy atom. The van der Waals surface area contributed by atoms with E-state index in [-0.39, 0.29) is 0 Å². The van der Waals surface area contributed by atoms with Gasteiger partial charge in [-0.1, -0.05) is 0 Å². The maximum absolute atomic E-state index is 5.12. The fourth-order valence-corrected chi connectivity index (χ4v) is 3.39. The van der Waals surface area contributed by atoms with E-state index in [4.69, 9.17) is 9.72 Å². The van der Waals surface area contributed by atoms with Crippen LogP contribution in [0.25, 0.3) is 22.3 Å². The number of piperidine rings is 1. The van der Waals surface area contributed by atoms with Crippen molar-refractivity contribution in [3.63, 3.8) is 0 Å². The highest BCUT2D eigenvalue weighted by atomic mass is 16.5. The van der Waals surface area contributed by atoms with Gasteiger partial charge in [0.2, 0.25) is 0 Å². The molecule has 0 aromatic carbocycles. The van der Waals surface area contributed by atoms with Crippen LogP contribution in [-0.4, -0.2) is 58.1 Å². The van der Waals surface area contributed by atoms with Crippen LogP contribution in [0.15, 0.2) is 30.9 Å². The Kier molecular flexibility index (Phi) is 5.55. The molecular formula is C19H25N7O. The van der Waals surface area contributed by atoms with Gasteiger partial charge >= 0.3 is 0 Å². The van der Waals surface area contributed by atoms with Gasteiger partial charge in [-0.2, -0.15) is 5.10 Å². The Morgan fingerprint density at radius 1 is 1.33 bits per heavy atom. The summed E-state index contributed by atoms with van der Waals surface area (Å²) in [5.74, 6) is 1.39. The van der Waals surface area contributed by atoms with E-state index in [2.05, 4.69) is 25.7 Å². The number of aromatic nitrogens is 5. The lowest BCUT2D eigenvalue weighted by Gasteiger charge is -2.23. The number of nitrogens with zero attached hydrogens (tertiary/aromatic N) is 5. The van der Waals surface area contributed by atoms with E-state index in [0.717, 1.165) is 47.7 Å². The molecule has 1 aliphatic heterocycles. The molecule has 0 saturated carbocycles. The molecule has 27 heavy (non-hydrogen) atoms. The summed E-state index contributed by atoms with van der Waals surface area (Å²) in [6, 6.07) is 1.97. The minimum atomic E-state index is 0.604. The molecule has 1 fully saturated rings. The second-order valence-corrected chi connectivity index (χ2v) is 6.86. The predicted molar refractivity (Wildman–Crippen MR) is 105 cm³/mol. The minimum Gasteiger partial charge on any atom is -0.383 e. The molecule has 1 unspecified atom stereocenters. The molecule has 8 nitrogen and oxygen atoms in total. The van der Waals surface area contributed by atoms with Crippen molar-refractivity contribution in [2.45, 2.75) is 19.4 Å². The van der Waals surface area contributed by atoms with Crippen molar-refractivity contribution >= 4 is 16.9 Å². The van der Waals surface area contributed by atoms with E-state index in [1.165, 1.54) is 12.8 Å². The van der Waals surface area contributed by atoms with Crippen molar-refractivity contribution in [2.75, 3.05) is 38.7 Å². The van der Waals surface area contributed by atoms with Crippen LogP contribution in [0.4, 0.5) is 5.82 Å². The number of fused-ring (bicyclic) bond motifs is 1. The summed E-state index contributed by atoms with van der Waals surface area (Å²) < 4.78 is 6.98. The monoisotopic (exact) mass is 367 g/mol. The maximum atomic E-state index is 5.12. The zero-order valence-electron chi connectivity index (χ0n) is 15.6. The van der Waals surface area contributed by atoms with Crippen LogP contribution in [0, 0.1) is 5.92 Å². The van der Waals surface area contributed by atoms with Crippen LogP contribution >= 0.6 is 0 Å². The van der Waals surface area contributed by atoms with Crippen LogP contribution in [0.2, 0.25) is 0 Å². The number of hydrogen-bond donors (Lipinski definition) is 2. The molecule has 3 aromatic rings. The topological polar surface area (TPSA) is 89.8 Å².